The summed E-state index contributed by atoms with van der Waals surface area (Å²) in [5.41, 5.74) is 2.13. The minimum atomic E-state index is -1.75. The quantitative estimate of drug-likeness (QED) is 0.341. The predicted molar refractivity (Wildman–Crippen MR) is 36.8 cm³/mol. The van der Waals surface area contributed by atoms with Gasteiger partial charge in [0.15, 0.2) is 0 Å². The fourth-order valence-corrected chi connectivity index (χ4v) is 0.788. The van der Waals surface area contributed by atoms with Crippen LogP contribution in [0, 0.1) is 5.92 Å². The summed E-state index contributed by atoms with van der Waals surface area (Å²) in [5, 5.41) is 0. The standard InChI is InChI=1S/C5H10N2O.CH2F2/c6-7-5(8)4-2-1-3-4;2-1-3/h4H,1-3,6H2,(H,7,8);1H2. The van der Waals surface area contributed by atoms with Crippen LogP contribution >= 0.6 is 0 Å². The molecule has 66 valence electrons. The van der Waals surface area contributed by atoms with Crippen LogP contribution in [0.15, 0.2) is 0 Å². The van der Waals surface area contributed by atoms with E-state index in [1.54, 1.807) is 0 Å². The number of nitrogens with one attached hydrogen (secondary N) is 1. The van der Waals surface area contributed by atoms with Gasteiger partial charge in [-0.2, -0.15) is 0 Å². The summed E-state index contributed by atoms with van der Waals surface area (Å²) in [6.45, 7) is -1.75. The Balaban J connectivity index is 0.000000292. The number of hydrogen-bond donors (Lipinski definition) is 2. The van der Waals surface area contributed by atoms with Crippen molar-refractivity contribution >= 4 is 5.91 Å². The third-order valence-corrected chi connectivity index (χ3v) is 1.62. The summed E-state index contributed by atoms with van der Waals surface area (Å²) in [4.78, 5) is 10.6. The smallest absolute Gasteiger partial charge is 0.236 e. The topological polar surface area (TPSA) is 55.1 Å². The predicted octanol–water partition coefficient (Wildman–Crippen LogP) is 0.659. The van der Waals surface area contributed by atoms with Gasteiger partial charge in [-0.3, -0.25) is 10.2 Å². The molecule has 5 heteroatoms. The van der Waals surface area contributed by atoms with Gasteiger partial charge in [0.2, 0.25) is 12.8 Å². The maximum absolute atomic E-state index is 10.6. The molecule has 3 N–H and O–H groups in total. The first-order chi connectivity index (χ1) is 5.26. The first-order valence-electron chi connectivity index (χ1n) is 3.38. The second-order valence-corrected chi connectivity index (χ2v) is 2.24. The average Bonchev–Trinajstić information content (AvgIpc) is 1.85. The molecule has 1 aliphatic carbocycles. The van der Waals surface area contributed by atoms with Gasteiger partial charge in [-0.15, -0.1) is 0 Å². The fourth-order valence-electron chi connectivity index (χ4n) is 0.788. The number of carbonyl (C=O) groups excluding carboxylic acids is 1. The van der Waals surface area contributed by atoms with E-state index in [-0.39, 0.29) is 11.8 Å². The van der Waals surface area contributed by atoms with E-state index in [1.807, 2.05) is 0 Å². The Labute approximate surface area is 63.9 Å². The Bertz CT molecular complexity index is 117. The highest BCUT2D eigenvalue weighted by Crippen LogP contribution is 2.25. The van der Waals surface area contributed by atoms with Gasteiger partial charge in [-0.05, 0) is 12.8 Å². The summed E-state index contributed by atoms with van der Waals surface area (Å²) in [6.07, 6.45) is 3.21. The largest absolute Gasteiger partial charge is 0.294 e. The molecule has 1 amide bonds. The van der Waals surface area contributed by atoms with Crippen molar-refractivity contribution in [3.8, 4) is 0 Å². The molecular formula is C6H12F2N2O. The lowest BCUT2D eigenvalue weighted by Crippen LogP contribution is -2.38. The number of halogens is 2. The van der Waals surface area contributed by atoms with Gasteiger partial charge in [0.1, 0.15) is 0 Å². The van der Waals surface area contributed by atoms with Gasteiger partial charge in [0, 0.05) is 5.92 Å². The molecule has 0 aromatic rings. The Kier molecular flexibility index (Phi) is 5.64. The minimum absolute atomic E-state index is 0.00347. The second kappa shape index (κ2) is 6.03. The molecule has 1 fully saturated rings. The van der Waals surface area contributed by atoms with E-state index in [2.05, 4.69) is 5.43 Å². The van der Waals surface area contributed by atoms with Gasteiger partial charge < -0.3 is 0 Å². The van der Waals surface area contributed by atoms with E-state index < -0.39 is 6.93 Å². The third-order valence-electron chi connectivity index (χ3n) is 1.62. The molecule has 1 rings (SSSR count). The molecular weight excluding hydrogens is 154 g/mol. The average molecular weight is 166 g/mol. The summed E-state index contributed by atoms with van der Waals surface area (Å²) >= 11 is 0. The number of hydrazine groups is 1. The van der Waals surface area contributed by atoms with Crippen molar-refractivity contribution in [3.05, 3.63) is 0 Å². The molecule has 0 aliphatic heterocycles. The van der Waals surface area contributed by atoms with Crippen molar-refractivity contribution in [1.82, 2.24) is 5.43 Å². The van der Waals surface area contributed by atoms with E-state index in [0.717, 1.165) is 12.8 Å². The molecule has 0 bridgehead atoms. The number of carbonyl (C=O) groups is 1. The highest BCUT2D eigenvalue weighted by atomic mass is 19.3. The van der Waals surface area contributed by atoms with Crippen molar-refractivity contribution in [2.24, 2.45) is 11.8 Å². The van der Waals surface area contributed by atoms with Gasteiger partial charge in [-0.25, -0.2) is 14.6 Å². The highest BCUT2D eigenvalue weighted by molar-refractivity contribution is 5.78. The zero-order valence-corrected chi connectivity index (χ0v) is 6.15. The van der Waals surface area contributed by atoms with Crippen LogP contribution in [-0.2, 0) is 4.79 Å². The number of hydrogen-bond acceptors (Lipinski definition) is 2. The van der Waals surface area contributed by atoms with Crippen LogP contribution in [0.5, 0.6) is 0 Å². The minimum Gasteiger partial charge on any atom is -0.294 e. The van der Waals surface area contributed by atoms with Crippen LogP contribution in [0.3, 0.4) is 0 Å². The van der Waals surface area contributed by atoms with E-state index in [0.29, 0.717) is 0 Å². The number of rotatable bonds is 1. The SMILES string of the molecule is FCF.NNC(=O)C1CCC1. The molecule has 0 radical (unpaired) electrons. The van der Waals surface area contributed by atoms with Gasteiger partial charge in [0.25, 0.3) is 0 Å². The number of alkyl halides is 2. The third kappa shape index (κ3) is 3.87. The lowest BCUT2D eigenvalue weighted by atomic mass is 9.85. The molecule has 3 nitrogen and oxygen atoms in total. The molecule has 0 saturated heterocycles. The maximum atomic E-state index is 10.6. The zero-order valence-electron chi connectivity index (χ0n) is 6.15. The zero-order chi connectivity index (χ0) is 8.69. The fraction of sp³-hybridized carbons (Fsp3) is 0.833. The number of amides is 1. The lowest BCUT2D eigenvalue weighted by molar-refractivity contribution is -0.127. The van der Waals surface area contributed by atoms with Crippen LogP contribution < -0.4 is 11.3 Å². The van der Waals surface area contributed by atoms with Crippen molar-refractivity contribution in [2.45, 2.75) is 19.3 Å². The first-order valence-corrected chi connectivity index (χ1v) is 3.38. The first kappa shape index (κ1) is 10.3. The summed E-state index contributed by atoms with van der Waals surface area (Å²) < 4.78 is 19.2. The molecule has 1 saturated carbocycles. The van der Waals surface area contributed by atoms with E-state index >= 15 is 0 Å². The van der Waals surface area contributed by atoms with Crippen LogP contribution in [0.1, 0.15) is 19.3 Å². The van der Waals surface area contributed by atoms with Gasteiger partial charge >= 0.3 is 0 Å². The van der Waals surface area contributed by atoms with Gasteiger partial charge in [0.05, 0.1) is 0 Å². The van der Waals surface area contributed by atoms with Gasteiger partial charge in [-0.1, -0.05) is 6.42 Å². The van der Waals surface area contributed by atoms with Crippen LogP contribution in [-0.4, -0.2) is 12.8 Å². The Morgan fingerprint density at radius 3 is 2.09 bits per heavy atom. The van der Waals surface area contributed by atoms with E-state index in [9.17, 15) is 13.6 Å². The molecule has 0 aromatic heterocycles. The molecule has 0 unspecified atom stereocenters. The van der Waals surface area contributed by atoms with Crippen LogP contribution in [0.4, 0.5) is 8.78 Å². The van der Waals surface area contributed by atoms with Crippen molar-refractivity contribution in [2.75, 3.05) is 6.93 Å². The normalized spacial score (nSPS) is 15.9. The van der Waals surface area contributed by atoms with Crippen molar-refractivity contribution in [3.63, 3.8) is 0 Å². The van der Waals surface area contributed by atoms with E-state index in [1.165, 1.54) is 6.42 Å². The summed E-state index contributed by atoms with van der Waals surface area (Å²) in [5.74, 6) is 5.10. The Hall–Kier alpha value is -0.710. The number of nitrogens with two attached hydrogens (primary N) is 1. The molecule has 1 aliphatic rings. The monoisotopic (exact) mass is 166 g/mol. The summed E-state index contributed by atoms with van der Waals surface area (Å²) in [7, 11) is 0. The Morgan fingerprint density at radius 2 is 2.00 bits per heavy atom. The summed E-state index contributed by atoms with van der Waals surface area (Å²) in [6, 6.07) is 0. The second-order valence-electron chi connectivity index (χ2n) is 2.24. The van der Waals surface area contributed by atoms with Crippen LogP contribution in [0.25, 0.3) is 0 Å². The Morgan fingerprint density at radius 1 is 1.55 bits per heavy atom. The lowest BCUT2D eigenvalue weighted by Gasteiger charge is -2.22. The molecule has 11 heavy (non-hydrogen) atoms. The van der Waals surface area contributed by atoms with Crippen LogP contribution in [0.2, 0.25) is 0 Å². The highest BCUT2D eigenvalue weighted by Gasteiger charge is 2.23. The maximum Gasteiger partial charge on any atom is 0.236 e. The molecule has 0 aromatic carbocycles. The molecule has 0 heterocycles. The van der Waals surface area contributed by atoms with Crippen molar-refractivity contribution in [1.29, 1.82) is 0 Å². The van der Waals surface area contributed by atoms with Crippen molar-refractivity contribution < 1.29 is 13.6 Å². The molecule has 0 spiro atoms. The van der Waals surface area contributed by atoms with E-state index in [4.69, 9.17) is 5.84 Å². The molecule has 0 atom stereocenters.